The fourth-order valence-corrected chi connectivity index (χ4v) is 2.13. The van der Waals surface area contributed by atoms with E-state index in [1.165, 1.54) is 13.8 Å². The average molecular weight is 273 g/mol. The second-order valence-electron chi connectivity index (χ2n) is 4.71. The topological polar surface area (TPSA) is 71.5 Å². The number of halogens is 3. The number of amidine groups is 1. The molecule has 0 amide bonds. The molecule has 0 unspecified atom stereocenters. The molecule has 1 heterocycles. The smallest absolute Gasteiger partial charge is 0.409 e. The highest BCUT2D eigenvalue weighted by atomic mass is 19.4. The Morgan fingerprint density at radius 2 is 1.95 bits per heavy atom. The number of aromatic nitrogens is 1. The Labute approximate surface area is 108 Å². The zero-order valence-corrected chi connectivity index (χ0v) is 10.5. The zero-order valence-electron chi connectivity index (χ0n) is 10.5. The summed E-state index contributed by atoms with van der Waals surface area (Å²) in [6.07, 6.45) is -3.01. The van der Waals surface area contributed by atoms with Crippen LogP contribution in [0.15, 0.2) is 5.16 Å². The van der Waals surface area contributed by atoms with Crippen LogP contribution in [0.3, 0.4) is 0 Å². The molecule has 1 saturated carbocycles. The molecule has 0 aromatic carbocycles. The molecule has 1 aliphatic rings. The average Bonchev–Trinajstić information content (AvgIpc) is 3.13. The second kappa shape index (κ2) is 4.40. The third-order valence-electron chi connectivity index (χ3n) is 3.32. The lowest BCUT2D eigenvalue weighted by atomic mass is 9.96. The number of rotatable bonds is 2. The predicted molar refractivity (Wildman–Crippen MR) is 63.2 cm³/mol. The van der Waals surface area contributed by atoms with E-state index in [1.807, 2.05) is 0 Å². The van der Waals surface area contributed by atoms with Crippen LogP contribution in [0.25, 0.3) is 0 Å². The second-order valence-corrected chi connectivity index (χ2v) is 4.71. The third-order valence-corrected chi connectivity index (χ3v) is 3.32. The van der Waals surface area contributed by atoms with E-state index in [0.29, 0.717) is 5.69 Å². The summed E-state index contributed by atoms with van der Waals surface area (Å²) in [5.74, 6) is -0.569. The summed E-state index contributed by atoms with van der Waals surface area (Å²) in [6.45, 7) is 2.88. The zero-order chi connectivity index (χ0) is 14.4. The van der Waals surface area contributed by atoms with Gasteiger partial charge in [0.15, 0.2) is 5.84 Å². The lowest BCUT2D eigenvalue weighted by Gasteiger charge is -2.19. The van der Waals surface area contributed by atoms with Crippen molar-refractivity contribution in [1.82, 2.24) is 4.98 Å². The predicted octanol–water partition coefficient (Wildman–Crippen LogP) is 2.69. The minimum atomic E-state index is -4.56. The van der Waals surface area contributed by atoms with Crippen molar-refractivity contribution in [3.63, 3.8) is 0 Å². The van der Waals surface area contributed by atoms with Crippen LogP contribution < -0.4 is 5.73 Å². The summed E-state index contributed by atoms with van der Waals surface area (Å²) in [5.41, 5.74) is 4.93. The molecule has 19 heavy (non-hydrogen) atoms. The minimum absolute atomic E-state index is 0.0125. The van der Waals surface area contributed by atoms with Crippen LogP contribution in [-0.4, -0.2) is 16.0 Å². The quantitative estimate of drug-likeness (QED) is 0.376. The van der Waals surface area contributed by atoms with Crippen molar-refractivity contribution >= 4 is 5.84 Å². The number of oxime groups is 1. The maximum Gasteiger partial charge on any atom is 0.417 e. The van der Waals surface area contributed by atoms with E-state index >= 15 is 0 Å². The SMILES string of the molecule is Cc1nc(C2CC2)c(/C(N)=N/O)c(C(F)(F)F)c1C. The van der Waals surface area contributed by atoms with Crippen molar-refractivity contribution in [2.45, 2.75) is 38.8 Å². The van der Waals surface area contributed by atoms with Crippen molar-refractivity contribution < 1.29 is 18.4 Å². The molecular weight excluding hydrogens is 259 g/mol. The standard InChI is InChI=1S/C12H14F3N3O/c1-5-6(2)17-10(7-3-4-7)8(11(16)18-19)9(5)12(13,14)15/h7,19H,3-4H2,1-2H3,(H2,16,18). The van der Waals surface area contributed by atoms with Crippen molar-refractivity contribution in [3.05, 3.63) is 28.1 Å². The van der Waals surface area contributed by atoms with E-state index in [0.717, 1.165) is 12.8 Å². The number of hydrogen-bond donors (Lipinski definition) is 2. The Kier molecular flexibility index (Phi) is 3.15. The van der Waals surface area contributed by atoms with Crippen molar-refractivity contribution in [1.29, 1.82) is 0 Å². The van der Waals surface area contributed by atoms with Gasteiger partial charge < -0.3 is 10.9 Å². The van der Waals surface area contributed by atoms with Gasteiger partial charge in [-0.1, -0.05) is 5.16 Å². The Morgan fingerprint density at radius 3 is 2.37 bits per heavy atom. The molecule has 3 N–H and O–H groups in total. The molecule has 1 fully saturated rings. The summed E-state index contributed by atoms with van der Waals surface area (Å²) in [6, 6.07) is 0. The molecule has 1 aromatic rings. The molecule has 0 aliphatic heterocycles. The fraction of sp³-hybridized carbons (Fsp3) is 0.500. The van der Waals surface area contributed by atoms with Crippen LogP contribution in [0.4, 0.5) is 13.2 Å². The molecular formula is C12H14F3N3O. The monoisotopic (exact) mass is 273 g/mol. The van der Waals surface area contributed by atoms with Gasteiger partial charge in [-0.2, -0.15) is 13.2 Å². The highest BCUT2D eigenvalue weighted by Gasteiger charge is 2.41. The lowest BCUT2D eigenvalue weighted by Crippen LogP contribution is -2.25. The molecule has 0 saturated heterocycles. The van der Waals surface area contributed by atoms with Gasteiger partial charge >= 0.3 is 6.18 Å². The first-order valence-corrected chi connectivity index (χ1v) is 5.83. The Balaban J connectivity index is 2.81. The van der Waals surface area contributed by atoms with Gasteiger partial charge in [-0.15, -0.1) is 0 Å². The maximum absolute atomic E-state index is 13.2. The van der Waals surface area contributed by atoms with Crippen LogP contribution in [0.1, 0.15) is 46.8 Å². The summed E-state index contributed by atoms with van der Waals surface area (Å²) < 4.78 is 39.7. The van der Waals surface area contributed by atoms with Gasteiger partial charge in [-0.3, -0.25) is 4.98 Å². The highest BCUT2D eigenvalue weighted by Crippen LogP contribution is 2.45. The molecule has 0 radical (unpaired) electrons. The number of nitrogens with two attached hydrogens (primary N) is 1. The van der Waals surface area contributed by atoms with E-state index < -0.39 is 17.6 Å². The molecule has 7 heteroatoms. The molecule has 1 aromatic heterocycles. The molecule has 0 spiro atoms. The molecule has 0 atom stereocenters. The normalized spacial score (nSPS) is 16.8. The van der Waals surface area contributed by atoms with E-state index in [2.05, 4.69) is 10.1 Å². The van der Waals surface area contributed by atoms with Gasteiger partial charge in [0.1, 0.15) is 0 Å². The number of alkyl halides is 3. The Morgan fingerprint density at radius 1 is 1.37 bits per heavy atom. The van der Waals surface area contributed by atoms with Gasteiger partial charge in [-0.05, 0) is 32.3 Å². The first kappa shape index (κ1) is 13.6. The van der Waals surface area contributed by atoms with Crippen LogP contribution in [0.2, 0.25) is 0 Å². The Bertz CT molecular complexity index is 548. The van der Waals surface area contributed by atoms with Crippen molar-refractivity contribution in [2.24, 2.45) is 10.9 Å². The van der Waals surface area contributed by atoms with Gasteiger partial charge in [0, 0.05) is 11.6 Å². The number of pyridine rings is 1. The van der Waals surface area contributed by atoms with Gasteiger partial charge in [0.05, 0.1) is 16.8 Å². The van der Waals surface area contributed by atoms with Gasteiger partial charge in [0.25, 0.3) is 0 Å². The summed E-state index contributed by atoms with van der Waals surface area (Å²) in [7, 11) is 0. The maximum atomic E-state index is 13.2. The van der Waals surface area contributed by atoms with Crippen LogP contribution in [0.5, 0.6) is 0 Å². The van der Waals surface area contributed by atoms with Crippen molar-refractivity contribution in [3.8, 4) is 0 Å². The fourth-order valence-electron chi connectivity index (χ4n) is 2.13. The molecule has 4 nitrogen and oxygen atoms in total. The van der Waals surface area contributed by atoms with Crippen LogP contribution in [-0.2, 0) is 6.18 Å². The van der Waals surface area contributed by atoms with E-state index in [9.17, 15) is 13.2 Å². The van der Waals surface area contributed by atoms with E-state index in [4.69, 9.17) is 10.9 Å². The minimum Gasteiger partial charge on any atom is -0.409 e. The van der Waals surface area contributed by atoms with Crippen molar-refractivity contribution in [2.75, 3.05) is 0 Å². The Hall–Kier alpha value is -1.79. The van der Waals surface area contributed by atoms with Gasteiger partial charge in [0.2, 0.25) is 0 Å². The number of hydrogen-bond acceptors (Lipinski definition) is 3. The third kappa shape index (κ3) is 2.36. The molecule has 2 rings (SSSR count). The summed E-state index contributed by atoms with van der Waals surface area (Å²) in [4.78, 5) is 4.21. The lowest BCUT2D eigenvalue weighted by molar-refractivity contribution is -0.138. The van der Waals surface area contributed by atoms with E-state index in [-0.39, 0.29) is 22.7 Å². The summed E-state index contributed by atoms with van der Waals surface area (Å²) in [5, 5.41) is 11.5. The van der Waals surface area contributed by atoms with Gasteiger partial charge in [-0.25, -0.2) is 0 Å². The molecule has 1 aliphatic carbocycles. The van der Waals surface area contributed by atoms with Crippen LogP contribution in [0, 0.1) is 13.8 Å². The number of nitrogens with zero attached hydrogens (tertiary/aromatic N) is 2. The molecule has 0 bridgehead atoms. The first-order valence-electron chi connectivity index (χ1n) is 5.83. The van der Waals surface area contributed by atoms with Crippen LogP contribution >= 0.6 is 0 Å². The largest absolute Gasteiger partial charge is 0.417 e. The van der Waals surface area contributed by atoms with E-state index in [1.54, 1.807) is 0 Å². The molecule has 104 valence electrons. The highest BCUT2D eigenvalue weighted by molar-refractivity contribution is 6.00. The number of aryl methyl sites for hydroxylation is 1. The summed E-state index contributed by atoms with van der Waals surface area (Å²) >= 11 is 0. The first-order chi connectivity index (χ1) is 8.77.